The fourth-order valence-corrected chi connectivity index (χ4v) is 16.6. The van der Waals surface area contributed by atoms with Gasteiger partial charge in [-0.1, -0.05) is 202 Å². The Hall–Kier alpha value is -8.98. The number of hydrogen-bond acceptors (Lipinski definition) is 2. The van der Waals surface area contributed by atoms with Gasteiger partial charge in [0.15, 0.2) is 0 Å². The van der Waals surface area contributed by atoms with E-state index in [1.54, 1.807) is 5.56 Å². The van der Waals surface area contributed by atoms with Gasteiger partial charge in [-0.25, -0.2) is 0 Å². The van der Waals surface area contributed by atoms with Gasteiger partial charge in [-0.05, 0) is 231 Å². The molecule has 0 saturated heterocycles. The molecule has 0 N–H and O–H groups in total. The number of para-hydroxylation sites is 3. The molecule has 0 amide bonds. The molecule has 0 atom stereocenters. The highest BCUT2D eigenvalue weighted by molar-refractivity contribution is 5.96. The second kappa shape index (κ2) is 20.2. The lowest BCUT2D eigenvalue weighted by Gasteiger charge is -2.54. The van der Waals surface area contributed by atoms with E-state index in [9.17, 15) is 0 Å². The van der Waals surface area contributed by atoms with Crippen molar-refractivity contribution < 1.29 is 0 Å². The van der Waals surface area contributed by atoms with Crippen LogP contribution in [-0.2, 0) is 18.3 Å². The van der Waals surface area contributed by atoms with Gasteiger partial charge < -0.3 is 9.80 Å². The zero-order valence-electron chi connectivity index (χ0n) is 47.6. The summed E-state index contributed by atoms with van der Waals surface area (Å²) in [4.78, 5) is 5.04. The molecule has 6 aliphatic carbocycles. The standard InChI is InChI=1S/C81H68N2/c1-81(2)76-37-20-19-36-70(76)75-50-67(38-39-77(75)81)83(66-32-13-6-14-33-66)78-48-60-46-57-25-16-18-35-69(57)72-52-74(58-26-21-27-59(45-58)80-62-41-53-40-54(43-62)44-63(80)42-53)79(82(64-28-9-4-10-29-64)65-30-11-5-12-31-65)49-61(72)47-56-24-15-17-34-68(56)71(60)51-73(78)55-22-7-3-8-23-55/h3-39,45,48-54,62-63,80H,40-44,46-47H2,1-2H3. The van der Waals surface area contributed by atoms with Gasteiger partial charge in [-0.3, -0.25) is 0 Å². The molecule has 0 heterocycles. The fourth-order valence-electron chi connectivity index (χ4n) is 16.6. The first-order valence-corrected chi connectivity index (χ1v) is 30.5. The summed E-state index contributed by atoms with van der Waals surface area (Å²) >= 11 is 0. The number of nitrogens with zero attached hydrogens (tertiary/aromatic N) is 2. The average molecular weight is 1070 g/mol. The minimum absolute atomic E-state index is 0.0969. The van der Waals surface area contributed by atoms with Gasteiger partial charge in [0.25, 0.3) is 0 Å². The van der Waals surface area contributed by atoms with E-state index in [1.807, 2.05) is 0 Å². The van der Waals surface area contributed by atoms with E-state index in [0.29, 0.717) is 5.92 Å². The van der Waals surface area contributed by atoms with Gasteiger partial charge in [0.2, 0.25) is 0 Å². The van der Waals surface area contributed by atoms with E-state index < -0.39 is 0 Å². The van der Waals surface area contributed by atoms with E-state index >= 15 is 0 Å². The molecular weight excluding hydrogens is 1000 g/mol. The summed E-state index contributed by atoms with van der Waals surface area (Å²) in [5.41, 5.74) is 29.1. The predicted octanol–water partition coefficient (Wildman–Crippen LogP) is 21.6. The minimum Gasteiger partial charge on any atom is -0.310 e. The smallest absolute Gasteiger partial charge is 0.0543 e. The maximum atomic E-state index is 2.62. The minimum atomic E-state index is -0.0969. The van der Waals surface area contributed by atoms with E-state index in [1.165, 1.54) is 127 Å². The first-order valence-electron chi connectivity index (χ1n) is 30.5. The van der Waals surface area contributed by atoms with Crippen molar-refractivity contribution in [3.8, 4) is 55.6 Å². The SMILES string of the molecule is CC1(C)c2ccccc2-c2cc(N(c3ccccc3)c3cc4c(cc3-c3ccccc3)-c3ccccc3Cc3cc(N(c5ccccc5)c5ccccc5)c(-c5cccc(C6C7CC8CC(C7)CC6C8)c5)cc3-c3ccccc3C4)ccc21. The van der Waals surface area contributed by atoms with Gasteiger partial charge >= 0.3 is 0 Å². The zero-order chi connectivity index (χ0) is 55.2. The molecular formula is C81H68N2. The molecule has 83 heavy (non-hydrogen) atoms. The maximum absolute atomic E-state index is 2.62. The molecule has 2 heteroatoms. The lowest BCUT2D eigenvalue weighted by Crippen LogP contribution is -2.43. The fraction of sp³-hybridized carbons (Fsp3) is 0.185. The summed E-state index contributed by atoms with van der Waals surface area (Å²) in [6.45, 7) is 4.75. The Labute approximate surface area is 490 Å². The molecule has 11 aromatic rings. The Balaban J connectivity index is 0.919. The lowest BCUT2D eigenvalue weighted by atomic mass is 9.50. The van der Waals surface area contributed by atoms with Crippen LogP contribution in [0.1, 0.15) is 90.8 Å². The zero-order valence-corrected chi connectivity index (χ0v) is 47.6. The van der Waals surface area contributed by atoms with Crippen molar-refractivity contribution in [1.29, 1.82) is 0 Å². The molecule has 11 aromatic carbocycles. The van der Waals surface area contributed by atoms with E-state index in [-0.39, 0.29) is 5.41 Å². The molecule has 4 bridgehead atoms. The first-order chi connectivity index (χ1) is 40.9. The largest absolute Gasteiger partial charge is 0.310 e. The van der Waals surface area contributed by atoms with Crippen LogP contribution in [-0.4, -0.2) is 0 Å². The molecule has 0 unspecified atom stereocenters. The van der Waals surface area contributed by atoms with Gasteiger partial charge in [0, 0.05) is 39.3 Å². The molecule has 0 aromatic heterocycles. The summed E-state index contributed by atoms with van der Waals surface area (Å²) < 4.78 is 0. The normalized spacial score (nSPS) is 19.3. The highest BCUT2D eigenvalue weighted by Gasteiger charge is 2.48. The summed E-state index contributed by atoms with van der Waals surface area (Å²) in [6.07, 6.45) is 8.59. The molecule has 17 rings (SSSR count). The molecule has 2 nitrogen and oxygen atoms in total. The first kappa shape index (κ1) is 49.8. The summed E-state index contributed by atoms with van der Waals surface area (Å²) in [6, 6.07) is 99.2. The maximum Gasteiger partial charge on any atom is 0.0543 e. The third-order valence-corrected chi connectivity index (χ3v) is 20.1. The predicted molar refractivity (Wildman–Crippen MR) is 347 cm³/mol. The van der Waals surface area contributed by atoms with Crippen LogP contribution in [0, 0.1) is 23.7 Å². The number of hydrogen-bond donors (Lipinski definition) is 0. The summed E-state index contributed by atoms with van der Waals surface area (Å²) in [5.74, 6) is 4.10. The van der Waals surface area contributed by atoms with Crippen molar-refractivity contribution in [2.75, 3.05) is 9.80 Å². The number of benzene rings is 11. The van der Waals surface area contributed by atoms with Gasteiger partial charge in [0.05, 0.1) is 11.4 Å². The van der Waals surface area contributed by atoms with E-state index in [0.717, 1.165) is 65.0 Å². The topological polar surface area (TPSA) is 6.48 Å². The molecule has 4 saturated carbocycles. The van der Waals surface area contributed by atoms with Crippen molar-refractivity contribution in [2.24, 2.45) is 23.7 Å². The van der Waals surface area contributed by atoms with Crippen molar-refractivity contribution >= 4 is 34.1 Å². The van der Waals surface area contributed by atoms with Crippen molar-refractivity contribution in [3.63, 3.8) is 0 Å². The van der Waals surface area contributed by atoms with E-state index in [4.69, 9.17) is 0 Å². The van der Waals surface area contributed by atoms with Crippen LogP contribution in [0.2, 0.25) is 0 Å². The van der Waals surface area contributed by atoms with Crippen LogP contribution in [0.3, 0.4) is 0 Å². The van der Waals surface area contributed by atoms with Crippen molar-refractivity contribution in [1.82, 2.24) is 0 Å². The third kappa shape index (κ3) is 8.59. The van der Waals surface area contributed by atoms with Crippen molar-refractivity contribution in [3.05, 3.63) is 300 Å². The molecule has 402 valence electrons. The van der Waals surface area contributed by atoms with Crippen LogP contribution in [0.4, 0.5) is 34.1 Å². The van der Waals surface area contributed by atoms with Crippen LogP contribution < -0.4 is 9.80 Å². The van der Waals surface area contributed by atoms with Crippen LogP contribution in [0.15, 0.2) is 261 Å². The second-order valence-corrected chi connectivity index (χ2v) is 25.2. The Bertz CT molecular complexity index is 4180. The van der Waals surface area contributed by atoms with Crippen LogP contribution in [0.5, 0.6) is 0 Å². The second-order valence-electron chi connectivity index (χ2n) is 25.2. The Morgan fingerprint density at radius 1 is 0.301 bits per heavy atom. The number of fused-ring (bicyclic) bond motifs is 9. The molecule has 4 fully saturated rings. The summed E-state index contributed by atoms with van der Waals surface area (Å²) in [5, 5.41) is 0. The molecule has 0 aliphatic heterocycles. The molecule has 6 aliphatic rings. The van der Waals surface area contributed by atoms with Gasteiger partial charge in [-0.2, -0.15) is 0 Å². The third-order valence-electron chi connectivity index (χ3n) is 20.1. The Morgan fingerprint density at radius 3 is 1.30 bits per heavy atom. The Kier molecular flexibility index (Phi) is 12.1. The van der Waals surface area contributed by atoms with Gasteiger partial charge in [0.1, 0.15) is 0 Å². The summed E-state index contributed by atoms with van der Waals surface area (Å²) in [7, 11) is 0. The number of anilines is 6. The molecule has 0 radical (unpaired) electrons. The highest BCUT2D eigenvalue weighted by atomic mass is 15.2. The highest BCUT2D eigenvalue weighted by Crippen LogP contribution is 2.61. The monoisotopic (exact) mass is 1070 g/mol. The van der Waals surface area contributed by atoms with Crippen LogP contribution >= 0.6 is 0 Å². The van der Waals surface area contributed by atoms with Crippen molar-refractivity contribution in [2.45, 2.75) is 70.1 Å². The van der Waals surface area contributed by atoms with Crippen LogP contribution in [0.25, 0.3) is 55.6 Å². The number of rotatable bonds is 9. The molecule has 0 spiro atoms. The van der Waals surface area contributed by atoms with Gasteiger partial charge in [-0.15, -0.1) is 0 Å². The average Bonchev–Trinajstić information content (AvgIpc) is 2.47. The lowest BCUT2D eigenvalue weighted by molar-refractivity contribution is -0.00276. The van der Waals surface area contributed by atoms with E-state index in [2.05, 4.69) is 285 Å². The quantitative estimate of drug-likeness (QED) is 0.142. The Morgan fingerprint density at radius 2 is 0.747 bits per heavy atom.